The number of fused-ring (bicyclic) bond motifs is 1. The van der Waals surface area contributed by atoms with Crippen LogP contribution in [0.15, 0.2) is 61.2 Å². The summed E-state index contributed by atoms with van der Waals surface area (Å²) in [6.07, 6.45) is 6.47. The Labute approximate surface area is 173 Å². The van der Waals surface area contributed by atoms with Crippen LogP contribution in [0.3, 0.4) is 0 Å². The van der Waals surface area contributed by atoms with Crippen LogP contribution in [0.4, 0.5) is 4.39 Å². The highest BCUT2D eigenvalue weighted by Gasteiger charge is 2.33. The minimum atomic E-state index is -0.332. The fourth-order valence-electron chi connectivity index (χ4n) is 4.39. The second-order valence-corrected chi connectivity index (χ2v) is 8.00. The number of hydrogen-bond donors (Lipinski definition) is 1. The lowest BCUT2D eigenvalue weighted by Crippen LogP contribution is -2.34. The van der Waals surface area contributed by atoms with Gasteiger partial charge in [-0.3, -0.25) is 9.89 Å². The molecule has 0 bridgehead atoms. The lowest BCUT2D eigenvalue weighted by Gasteiger charge is -2.21. The number of carbonyl (C=O) groups is 1. The number of imidazole rings is 1. The van der Waals surface area contributed by atoms with Crippen LogP contribution in [-0.2, 0) is 6.54 Å². The first-order chi connectivity index (χ1) is 14.6. The zero-order chi connectivity index (χ0) is 20.7. The van der Waals surface area contributed by atoms with Crippen molar-refractivity contribution >= 4 is 16.9 Å². The van der Waals surface area contributed by atoms with Crippen molar-refractivity contribution in [2.24, 2.45) is 5.92 Å². The van der Waals surface area contributed by atoms with Crippen molar-refractivity contribution in [3.8, 4) is 11.1 Å². The van der Waals surface area contributed by atoms with Crippen LogP contribution in [-0.4, -0.2) is 43.1 Å². The van der Waals surface area contributed by atoms with Gasteiger partial charge >= 0.3 is 0 Å². The number of aromatic amines is 1. The first kappa shape index (κ1) is 18.5. The van der Waals surface area contributed by atoms with E-state index in [1.54, 1.807) is 18.3 Å². The summed E-state index contributed by atoms with van der Waals surface area (Å²) < 4.78 is 15.3. The van der Waals surface area contributed by atoms with Crippen LogP contribution in [0.1, 0.15) is 23.7 Å². The predicted molar refractivity (Wildman–Crippen MR) is 112 cm³/mol. The third-order valence-corrected chi connectivity index (χ3v) is 5.92. The number of halogens is 1. The van der Waals surface area contributed by atoms with Gasteiger partial charge < -0.3 is 9.47 Å². The number of nitrogens with one attached hydrogen (secondary N) is 1. The number of H-pyrrole nitrogens is 1. The predicted octanol–water partition coefficient (Wildman–Crippen LogP) is 4.12. The van der Waals surface area contributed by atoms with Crippen molar-refractivity contribution in [1.82, 2.24) is 24.6 Å². The zero-order valence-electron chi connectivity index (χ0n) is 16.6. The molecule has 1 aliphatic heterocycles. The maximum atomic E-state index is 13.2. The van der Waals surface area contributed by atoms with E-state index < -0.39 is 0 Å². The van der Waals surface area contributed by atoms with Crippen molar-refractivity contribution in [2.75, 3.05) is 6.54 Å². The number of rotatable bonds is 4. The van der Waals surface area contributed by atoms with Gasteiger partial charge in [0.1, 0.15) is 5.82 Å². The Morgan fingerprint density at radius 3 is 2.80 bits per heavy atom. The second kappa shape index (κ2) is 7.40. The molecule has 0 aliphatic carbocycles. The van der Waals surface area contributed by atoms with Crippen LogP contribution >= 0.6 is 0 Å². The molecule has 3 heterocycles. The van der Waals surface area contributed by atoms with Crippen molar-refractivity contribution in [2.45, 2.75) is 25.9 Å². The molecule has 2 atom stereocenters. The Morgan fingerprint density at radius 1 is 1.20 bits per heavy atom. The highest BCUT2D eigenvalue weighted by atomic mass is 19.1. The molecule has 152 valence electrons. The molecular weight excluding hydrogens is 381 g/mol. The lowest BCUT2D eigenvalue weighted by atomic mass is 10.1. The van der Waals surface area contributed by atoms with E-state index in [9.17, 15) is 9.18 Å². The Balaban J connectivity index is 1.32. The molecule has 1 aliphatic rings. The van der Waals surface area contributed by atoms with E-state index in [1.807, 2.05) is 17.4 Å². The van der Waals surface area contributed by atoms with Gasteiger partial charge in [-0.25, -0.2) is 9.37 Å². The Hall–Kier alpha value is -3.48. The summed E-state index contributed by atoms with van der Waals surface area (Å²) in [6.45, 7) is 3.56. The molecule has 0 unspecified atom stereocenters. The SMILES string of the molecule is C[C@@H]1C[C@H](Cn2cnc3cc(-c4cn[nH]c4)ccc32)CN1C(=O)c1ccc(F)cc1. The molecule has 2 aromatic carbocycles. The molecule has 1 N–H and O–H groups in total. The summed E-state index contributed by atoms with van der Waals surface area (Å²) >= 11 is 0. The number of carbonyl (C=O) groups excluding carboxylic acids is 1. The van der Waals surface area contributed by atoms with Crippen LogP contribution in [0.25, 0.3) is 22.2 Å². The van der Waals surface area contributed by atoms with Gasteiger partial charge in [0.2, 0.25) is 0 Å². The molecule has 0 radical (unpaired) electrons. The Morgan fingerprint density at radius 2 is 2.03 bits per heavy atom. The van der Waals surface area contributed by atoms with E-state index in [2.05, 4.69) is 44.9 Å². The average Bonchev–Trinajstić information content (AvgIpc) is 3.49. The normalized spacial score (nSPS) is 18.9. The van der Waals surface area contributed by atoms with Crippen LogP contribution in [0.2, 0.25) is 0 Å². The first-order valence-electron chi connectivity index (χ1n) is 10.1. The number of hydrogen-bond acceptors (Lipinski definition) is 3. The van der Waals surface area contributed by atoms with Gasteiger partial charge in [-0.05, 0) is 61.2 Å². The fraction of sp³-hybridized carbons (Fsp3) is 0.261. The molecule has 30 heavy (non-hydrogen) atoms. The molecule has 2 aromatic heterocycles. The van der Waals surface area contributed by atoms with Crippen molar-refractivity contribution < 1.29 is 9.18 Å². The smallest absolute Gasteiger partial charge is 0.254 e. The zero-order valence-corrected chi connectivity index (χ0v) is 16.6. The summed E-state index contributed by atoms with van der Waals surface area (Å²) in [5, 5.41) is 6.84. The van der Waals surface area contributed by atoms with Gasteiger partial charge in [0.05, 0.1) is 23.6 Å². The van der Waals surface area contributed by atoms with Crippen LogP contribution < -0.4 is 0 Å². The van der Waals surface area contributed by atoms with Gasteiger partial charge in [-0.15, -0.1) is 0 Å². The van der Waals surface area contributed by atoms with E-state index in [-0.39, 0.29) is 17.8 Å². The lowest BCUT2D eigenvalue weighted by molar-refractivity contribution is 0.0742. The molecular formula is C23H22FN5O. The second-order valence-electron chi connectivity index (χ2n) is 8.00. The summed E-state index contributed by atoms with van der Waals surface area (Å²) in [5.41, 5.74) is 4.67. The Kier molecular flexibility index (Phi) is 4.58. The maximum Gasteiger partial charge on any atom is 0.254 e. The Bertz CT molecular complexity index is 1180. The first-order valence-corrected chi connectivity index (χ1v) is 10.1. The molecule has 1 amide bonds. The third-order valence-electron chi connectivity index (χ3n) is 5.92. The van der Waals surface area contributed by atoms with Crippen LogP contribution in [0.5, 0.6) is 0 Å². The van der Waals surface area contributed by atoms with E-state index in [0.29, 0.717) is 18.0 Å². The fourth-order valence-corrected chi connectivity index (χ4v) is 4.39. The maximum absolute atomic E-state index is 13.2. The van der Waals surface area contributed by atoms with E-state index in [1.165, 1.54) is 12.1 Å². The molecule has 1 fully saturated rings. The van der Waals surface area contributed by atoms with Crippen molar-refractivity contribution in [3.05, 3.63) is 72.6 Å². The highest BCUT2D eigenvalue weighted by Crippen LogP contribution is 2.28. The van der Waals surface area contributed by atoms with Gasteiger partial charge in [0.15, 0.2) is 0 Å². The van der Waals surface area contributed by atoms with Crippen LogP contribution in [0, 0.1) is 11.7 Å². The molecule has 7 heteroatoms. The molecule has 4 aromatic rings. The van der Waals surface area contributed by atoms with Gasteiger partial charge in [0, 0.05) is 36.5 Å². The number of aromatic nitrogens is 4. The average molecular weight is 403 g/mol. The topological polar surface area (TPSA) is 66.8 Å². The van der Waals surface area contributed by atoms with Gasteiger partial charge in [-0.1, -0.05) is 6.07 Å². The number of amides is 1. The molecule has 5 rings (SSSR count). The quantitative estimate of drug-likeness (QED) is 0.557. The van der Waals surface area contributed by atoms with Gasteiger partial charge in [-0.2, -0.15) is 5.10 Å². The molecule has 0 saturated carbocycles. The van der Waals surface area contributed by atoms with E-state index >= 15 is 0 Å². The van der Waals surface area contributed by atoms with Crippen molar-refractivity contribution in [3.63, 3.8) is 0 Å². The largest absolute Gasteiger partial charge is 0.336 e. The monoisotopic (exact) mass is 403 g/mol. The highest BCUT2D eigenvalue weighted by molar-refractivity contribution is 5.94. The number of nitrogens with zero attached hydrogens (tertiary/aromatic N) is 4. The number of benzene rings is 2. The standard InChI is InChI=1S/C23H22FN5O/c1-15-8-16(13-29(15)23(30)17-2-5-20(24)6-3-17)12-28-14-25-21-9-18(4-7-22(21)28)19-10-26-27-11-19/h2-7,9-11,14-16H,8,12-13H2,1H3,(H,26,27)/t15-,16-/m1/s1. The van der Waals surface area contributed by atoms with Gasteiger partial charge in [0.25, 0.3) is 5.91 Å². The summed E-state index contributed by atoms with van der Waals surface area (Å²) in [7, 11) is 0. The molecule has 0 spiro atoms. The van der Waals surface area contributed by atoms with Crippen molar-refractivity contribution in [1.29, 1.82) is 0 Å². The summed E-state index contributed by atoms with van der Waals surface area (Å²) in [5.74, 6) is -0.0256. The minimum absolute atomic E-state index is 0.0368. The third kappa shape index (κ3) is 3.36. The molecule has 6 nitrogen and oxygen atoms in total. The van der Waals surface area contributed by atoms with E-state index in [0.717, 1.165) is 35.1 Å². The minimum Gasteiger partial charge on any atom is -0.336 e. The molecule has 1 saturated heterocycles. The van der Waals surface area contributed by atoms with E-state index in [4.69, 9.17) is 0 Å². The summed E-state index contributed by atoms with van der Waals surface area (Å²) in [6, 6.07) is 12.2. The summed E-state index contributed by atoms with van der Waals surface area (Å²) in [4.78, 5) is 19.3. The number of likely N-dealkylation sites (tertiary alicyclic amines) is 1.